The first-order chi connectivity index (χ1) is 14.8. The molecule has 4 rings (SSSR count). The molecule has 3 aromatic carbocycles. The summed E-state index contributed by atoms with van der Waals surface area (Å²) in [6.07, 6.45) is 0.408. The molecule has 0 amide bonds. The van der Waals surface area contributed by atoms with Crippen molar-refractivity contribution in [3.63, 3.8) is 0 Å². The van der Waals surface area contributed by atoms with Crippen LogP contribution in [0.5, 0.6) is 28.7 Å². The number of nitriles is 2. The fraction of sp³-hybridized carbons (Fsp3) is 0.167. The Hall–Kier alpha value is -4.16. The molecule has 0 N–H and O–H groups in total. The highest BCUT2D eigenvalue weighted by Gasteiger charge is 2.19. The molecule has 0 aliphatic carbocycles. The van der Waals surface area contributed by atoms with Crippen LogP contribution in [-0.2, 0) is 19.4 Å². The standard InChI is InChI=1S/C24H18N2O4/c25-10-8-17-6-7-20(27-15-18-4-2-1-3-5-18)24(12-17)30-21-14-23-22(28-16-29-23)13-19(21)9-11-26/h1-7,12-14H,8-9,15-16H2. The van der Waals surface area contributed by atoms with Crippen LogP contribution in [0.1, 0.15) is 16.7 Å². The maximum absolute atomic E-state index is 9.20. The summed E-state index contributed by atoms with van der Waals surface area (Å²) in [5.74, 6) is 2.65. The third-order valence-electron chi connectivity index (χ3n) is 4.57. The molecule has 0 fully saturated rings. The molecule has 0 bridgehead atoms. The van der Waals surface area contributed by atoms with Gasteiger partial charge in [0.05, 0.1) is 25.0 Å². The minimum absolute atomic E-state index is 0.133. The van der Waals surface area contributed by atoms with Gasteiger partial charge in [-0.2, -0.15) is 10.5 Å². The van der Waals surface area contributed by atoms with Crippen molar-refractivity contribution in [2.75, 3.05) is 6.79 Å². The summed E-state index contributed by atoms with van der Waals surface area (Å²) in [4.78, 5) is 0. The first-order valence-corrected chi connectivity index (χ1v) is 9.41. The van der Waals surface area contributed by atoms with Crippen LogP contribution in [0.15, 0.2) is 60.7 Å². The maximum atomic E-state index is 9.20. The molecule has 1 heterocycles. The van der Waals surface area contributed by atoms with E-state index in [0.717, 1.165) is 11.1 Å². The smallest absolute Gasteiger partial charge is 0.231 e. The van der Waals surface area contributed by atoms with Crippen LogP contribution in [0.4, 0.5) is 0 Å². The molecule has 1 aliphatic heterocycles. The highest BCUT2D eigenvalue weighted by molar-refractivity contribution is 5.55. The summed E-state index contributed by atoms with van der Waals surface area (Å²) in [5.41, 5.74) is 2.52. The second kappa shape index (κ2) is 8.89. The van der Waals surface area contributed by atoms with Crippen LogP contribution in [-0.4, -0.2) is 6.79 Å². The number of rotatable bonds is 7. The van der Waals surface area contributed by atoms with Gasteiger partial charge < -0.3 is 18.9 Å². The average molecular weight is 398 g/mol. The normalized spacial score (nSPS) is 11.4. The Morgan fingerprint density at radius 2 is 1.53 bits per heavy atom. The van der Waals surface area contributed by atoms with Gasteiger partial charge in [0.25, 0.3) is 0 Å². The van der Waals surface area contributed by atoms with E-state index in [9.17, 15) is 5.26 Å². The van der Waals surface area contributed by atoms with Gasteiger partial charge in [0, 0.05) is 11.6 Å². The molecule has 0 saturated carbocycles. The van der Waals surface area contributed by atoms with E-state index in [0.29, 0.717) is 40.9 Å². The van der Waals surface area contributed by atoms with Crippen molar-refractivity contribution in [1.82, 2.24) is 0 Å². The first kappa shape index (κ1) is 19.2. The SMILES string of the molecule is N#CCc1ccc(OCc2ccccc2)c(Oc2cc3c(cc2CC#N)OCO3)c1. The van der Waals surface area contributed by atoms with E-state index in [2.05, 4.69) is 12.1 Å². The van der Waals surface area contributed by atoms with Gasteiger partial charge in [-0.05, 0) is 29.3 Å². The van der Waals surface area contributed by atoms with E-state index in [-0.39, 0.29) is 19.6 Å². The lowest BCUT2D eigenvalue weighted by Gasteiger charge is -2.16. The summed E-state index contributed by atoms with van der Waals surface area (Å²) in [5, 5.41) is 18.3. The average Bonchev–Trinajstić information content (AvgIpc) is 3.22. The summed E-state index contributed by atoms with van der Waals surface area (Å²) < 4.78 is 23.0. The number of hydrogen-bond donors (Lipinski definition) is 0. The highest BCUT2D eigenvalue weighted by Crippen LogP contribution is 2.42. The number of hydrogen-bond acceptors (Lipinski definition) is 6. The molecule has 30 heavy (non-hydrogen) atoms. The van der Waals surface area contributed by atoms with Crippen LogP contribution < -0.4 is 18.9 Å². The molecule has 148 valence electrons. The largest absolute Gasteiger partial charge is 0.485 e. The van der Waals surface area contributed by atoms with Gasteiger partial charge >= 0.3 is 0 Å². The van der Waals surface area contributed by atoms with Gasteiger partial charge in [-0.15, -0.1) is 0 Å². The van der Waals surface area contributed by atoms with Crippen LogP contribution in [0, 0.1) is 22.7 Å². The Morgan fingerprint density at radius 1 is 0.767 bits per heavy atom. The molecule has 0 saturated heterocycles. The van der Waals surface area contributed by atoms with Crippen LogP contribution in [0.3, 0.4) is 0 Å². The van der Waals surface area contributed by atoms with Gasteiger partial charge in [-0.25, -0.2) is 0 Å². The molecule has 0 spiro atoms. The molecular formula is C24H18N2O4. The van der Waals surface area contributed by atoms with E-state index < -0.39 is 0 Å². The van der Waals surface area contributed by atoms with Crippen LogP contribution >= 0.6 is 0 Å². The molecule has 0 aromatic heterocycles. The number of ether oxygens (including phenoxy) is 4. The number of fused-ring (bicyclic) bond motifs is 1. The highest BCUT2D eigenvalue weighted by atomic mass is 16.7. The first-order valence-electron chi connectivity index (χ1n) is 9.41. The Balaban J connectivity index is 1.66. The topological polar surface area (TPSA) is 84.5 Å². The molecule has 1 aliphatic rings. The fourth-order valence-electron chi connectivity index (χ4n) is 3.09. The second-order valence-electron chi connectivity index (χ2n) is 6.64. The van der Waals surface area contributed by atoms with Crippen molar-refractivity contribution >= 4 is 0 Å². The van der Waals surface area contributed by atoms with Crippen molar-refractivity contribution in [2.24, 2.45) is 0 Å². The molecule has 0 radical (unpaired) electrons. The van der Waals surface area contributed by atoms with E-state index in [1.807, 2.05) is 36.4 Å². The quantitative estimate of drug-likeness (QED) is 0.562. The van der Waals surface area contributed by atoms with Gasteiger partial charge in [0.1, 0.15) is 12.4 Å². The lowest BCUT2D eigenvalue weighted by atomic mass is 10.1. The maximum Gasteiger partial charge on any atom is 0.231 e. The van der Waals surface area contributed by atoms with Crippen LogP contribution in [0.2, 0.25) is 0 Å². The predicted molar refractivity (Wildman–Crippen MR) is 108 cm³/mol. The van der Waals surface area contributed by atoms with Gasteiger partial charge in [-0.1, -0.05) is 36.4 Å². The summed E-state index contributed by atoms with van der Waals surface area (Å²) in [6.45, 7) is 0.509. The second-order valence-corrected chi connectivity index (χ2v) is 6.64. The molecule has 0 atom stereocenters. The zero-order chi connectivity index (χ0) is 20.8. The zero-order valence-corrected chi connectivity index (χ0v) is 16.1. The van der Waals surface area contributed by atoms with Crippen molar-refractivity contribution in [3.05, 3.63) is 77.4 Å². The molecule has 0 unspecified atom stereocenters. The summed E-state index contributed by atoms with van der Waals surface area (Å²) in [7, 11) is 0. The lowest BCUT2D eigenvalue weighted by Crippen LogP contribution is -1.99. The Kier molecular flexibility index (Phi) is 5.68. The van der Waals surface area contributed by atoms with E-state index >= 15 is 0 Å². The lowest BCUT2D eigenvalue weighted by molar-refractivity contribution is 0.174. The minimum atomic E-state index is 0.133. The molecule has 6 nitrogen and oxygen atoms in total. The third-order valence-corrected chi connectivity index (χ3v) is 4.57. The van der Waals surface area contributed by atoms with Crippen molar-refractivity contribution in [3.8, 4) is 40.9 Å². The van der Waals surface area contributed by atoms with Crippen LogP contribution in [0.25, 0.3) is 0 Å². The number of nitrogens with zero attached hydrogens (tertiary/aromatic N) is 2. The Bertz CT molecular complexity index is 1130. The van der Waals surface area contributed by atoms with Gasteiger partial charge in [0.15, 0.2) is 23.0 Å². The molecule has 6 heteroatoms. The minimum Gasteiger partial charge on any atom is -0.485 e. The van der Waals surface area contributed by atoms with Crippen molar-refractivity contribution < 1.29 is 18.9 Å². The summed E-state index contributed by atoms with van der Waals surface area (Å²) in [6, 6.07) is 23.0. The van der Waals surface area contributed by atoms with Crippen molar-refractivity contribution in [2.45, 2.75) is 19.4 Å². The van der Waals surface area contributed by atoms with Crippen molar-refractivity contribution in [1.29, 1.82) is 10.5 Å². The predicted octanol–water partition coefficient (Wildman–Crippen LogP) is 4.92. The van der Waals surface area contributed by atoms with E-state index in [4.69, 9.17) is 24.2 Å². The molecular weight excluding hydrogens is 380 g/mol. The van der Waals surface area contributed by atoms with Gasteiger partial charge in [0.2, 0.25) is 6.79 Å². The van der Waals surface area contributed by atoms with Gasteiger partial charge in [-0.3, -0.25) is 0 Å². The molecule has 3 aromatic rings. The Morgan fingerprint density at radius 3 is 2.30 bits per heavy atom. The Labute approximate surface area is 174 Å². The monoisotopic (exact) mass is 398 g/mol. The number of benzene rings is 3. The van der Waals surface area contributed by atoms with E-state index in [1.54, 1.807) is 24.3 Å². The fourth-order valence-corrected chi connectivity index (χ4v) is 3.09. The third kappa shape index (κ3) is 4.29. The summed E-state index contributed by atoms with van der Waals surface area (Å²) >= 11 is 0. The zero-order valence-electron chi connectivity index (χ0n) is 16.1. The van der Waals surface area contributed by atoms with E-state index in [1.165, 1.54) is 0 Å².